The summed E-state index contributed by atoms with van der Waals surface area (Å²) in [7, 11) is 0. The molecule has 1 unspecified atom stereocenters. The van der Waals surface area contributed by atoms with Crippen molar-refractivity contribution in [3.05, 3.63) is 89.7 Å². The number of nitrogens with zero attached hydrogens (tertiary/aromatic N) is 3. The van der Waals surface area contributed by atoms with Crippen molar-refractivity contribution in [2.24, 2.45) is 5.73 Å². The third-order valence-electron chi connectivity index (χ3n) is 4.84. The van der Waals surface area contributed by atoms with Crippen LogP contribution in [0.2, 0.25) is 0 Å². The van der Waals surface area contributed by atoms with Gasteiger partial charge in [0.05, 0.1) is 11.5 Å². The molecule has 0 aliphatic heterocycles. The van der Waals surface area contributed by atoms with E-state index in [1.54, 1.807) is 24.1 Å². The first-order valence-electron chi connectivity index (χ1n) is 9.66. The molecule has 152 valence electrons. The van der Waals surface area contributed by atoms with E-state index in [9.17, 15) is 4.79 Å². The number of hydrogen-bond donors (Lipinski definition) is 1. The third-order valence-corrected chi connectivity index (χ3v) is 6.11. The number of thioether (sulfide) groups is 1. The zero-order chi connectivity index (χ0) is 20.9. The summed E-state index contributed by atoms with van der Waals surface area (Å²) in [5, 5.41) is 9.51. The molecule has 4 aromatic rings. The second-order valence-corrected chi connectivity index (χ2v) is 7.99. The lowest BCUT2D eigenvalue weighted by molar-refractivity contribution is -0.118. The average Bonchev–Trinajstić information content (AvgIpc) is 3.41. The van der Waals surface area contributed by atoms with E-state index in [0.717, 1.165) is 0 Å². The lowest BCUT2D eigenvalue weighted by Gasteiger charge is -2.19. The molecule has 0 aliphatic carbocycles. The molecule has 0 radical (unpaired) electrons. The average molecular weight is 419 g/mol. The van der Waals surface area contributed by atoms with E-state index in [-0.39, 0.29) is 17.6 Å². The maximum Gasteiger partial charge on any atom is 0.219 e. The Bertz CT molecular complexity index is 1120. The molecule has 7 heteroatoms. The van der Waals surface area contributed by atoms with Crippen LogP contribution in [-0.2, 0) is 11.3 Å². The topological polar surface area (TPSA) is 86.9 Å². The number of carbonyl (C=O) groups excluding carboxylic acids is 1. The van der Waals surface area contributed by atoms with Crippen LogP contribution in [-0.4, -0.2) is 20.7 Å². The van der Waals surface area contributed by atoms with E-state index in [2.05, 4.69) is 41.4 Å². The number of nitrogens with two attached hydrogens (primary N) is 1. The lowest BCUT2D eigenvalue weighted by atomic mass is 10.0. The standard InChI is InChI=1S/C23H22N4O2S/c1-16-8-5-6-11-18(16)21(17-9-3-2-4-10-17)30-23-26-25-22(19-12-7-15-29-19)27(23)14-13-20(24)28/h2-12,15,21H,13-14H2,1H3,(H2,24,28). The fourth-order valence-corrected chi connectivity index (χ4v) is 4.60. The quantitative estimate of drug-likeness (QED) is 0.423. The fraction of sp³-hybridized carbons (Fsp3) is 0.174. The second-order valence-electron chi connectivity index (χ2n) is 6.92. The van der Waals surface area contributed by atoms with Gasteiger partial charge in [0.2, 0.25) is 5.91 Å². The normalized spacial score (nSPS) is 12.0. The molecule has 1 amide bonds. The zero-order valence-electron chi connectivity index (χ0n) is 16.6. The van der Waals surface area contributed by atoms with Crippen molar-refractivity contribution in [2.75, 3.05) is 0 Å². The molecule has 2 aromatic heterocycles. The molecule has 2 heterocycles. The number of aromatic nitrogens is 3. The van der Waals surface area contributed by atoms with Gasteiger partial charge in [-0.3, -0.25) is 9.36 Å². The monoisotopic (exact) mass is 418 g/mol. The maximum atomic E-state index is 11.5. The molecule has 2 N–H and O–H groups in total. The summed E-state index contributed by atoms with van der Waals surface area (Å²) < 4.78 is 7.43. The highest BCUT2D eigenvalue weighted by atomic mass is 32.2. The Morgan fingerprint density at radius 1 is 1.07 bits per heavy atom. The van der Waals surface area contributed by atoms with Crippen LogP contribution in [0.4, 0.5) is 0 Å². The number of primary amides is 1. The number of furan rings is 1. The van der Waals surface area contributed by atoms with E-state index < -0.39 is 0 Å². The largest absolute Gasteiger partial charge is 0.461 e. The van der Waals surface area contributed by atoms with Gasteiger partial charge in [0.25, 0.3) is 0 Å². The number of rotatable bonds is 8. The molecule has 0 saturated heterocycles. The van der Waals surface area contributed by atoms with E-state index >= 15 is 0 Å². The molecule has 30 heavy (non-hydrogen) atoms. The number of amides is 1. The number of benzene rings is 2. The molecule has 1 atom stereocenters. The molecule has 6 nitrogen and oxygen atoms in total. The minimum Gasteiger partial charge on any atom is -0.461 e. The van der Waals surface area contributed by atoms with Gasteiger partial charge >= 0.3 is 0 Å². The molecule has 0 fully saturated rings. The van der Waals surface area contributed by atoms with Gasteiger partial charge in [0.15, 0.2) is 16.7 Å². The predicted octanol–water partition coefficient (Wildman–Crippen LogP) is 4.60. The van der Waals surface area contributed by atoms with Crippen LogP contribution in [0.25, 0.3) is 11.6 Å². The van der Waals surface area contributed by atoms with Gasteiger partial charge in [-0.05, 0) is 35.7 Å². The Hall–Kier alpha value is -3.32. The van der Waals surface area contributed by atoms with Crippen LogP contribution in [0.15, 0.2) is 82.6 Å². The van der Waals surface area contributed by atoms with Crippen molar-refractivity contribution < 1.29 is 9.21 Å². The van der Waals surface area contributed by atoms with Gasteiger partial charge in [-0.1, -0.05) is 66.4 Å². The minimum atomic E-state index is -0.372. The number of aryl methyl sites for hydroxylation is 1. The van der Waals surface area contributed by atoms with Crippen molar-refractivity contribution in [3.8, 4) is 11.6 Å². The van der Waals surface area contributed by atoms with Crippen LogP contribution >= 0.6 is 11.8 Å². The van der Waals surface area contributed by atoms with Crippen LogP contribution in [0, 0.1) is 6.92 Å². The molecule has 2 aromatic carbocycles. The van der Waals surface area contributed by atoms with Gasteiger partial charge in [-0.15, -0.1) is 10.2 Å². The second kappa shape index (κ2) is 9.00. The van der Waals surface area contributed by atoms with Crippen LogP contribution in [0.1, 0.15) is 28.4 Å². The van der Waals surface area contributed by atoms with Gasteiger partial charge in [-0.2, -0.15) is 0 Å². The molecular formula is C23H22N4O2S. The van der Waals surface area contributed by atoms with Crippen molar-refractivity contribution in [2.45, 2.75) is 30.3 Å². The summed E-state index contributed by atoms with van der Waals surface area (Å²) in [4.78, 5) is 11.5. The maximum absolute atomic E-state index is 11.5. The van der Waals surface area contributed by atoms with E-state index in [1.807, 2.05) is 41.0 Å². The zero-order valence-corrected chi connectivity index (χ0v) is 17.4. The lowest BCUT2D eigenvalue weighted by Crippen LogP contribution is -2.15. The fourth-order valence-electron chi connectivity index (χ4n) is 3.31. The number of hydrogen-bond acceptors (Lipinski definition) is 5. The summed E-state index contributed by atoms with van der Waals surface area (Å²) in [6.07, 6.45) is 1.79. The summed E-state index contributed by atoms with van der Waals surface area (Å²) in [6.45, 7) is 2.49. The first-order valence-corrected chi connectivity index (χ1v) is 10.5. The summed E-state index contributed by atoms with van der Waals surface area (Å²) in [5.41, 5.74) is 8.98. The van der Waals surface area contributed by atoms with Crippen molar-refractivity contribution in [3.63, 3.8) is 0 Å². The van der Waals surface area contributed by atoms with Gasteiger partial charge < -0.3 is 10.2 Å². The van der Waals surface area contributed by atoms with E-state index in [0.29, 0.717) is 23.3 Å². The Kier molecular flexibility index (Phi) is 5.99. The summed E-state index contributed by atoms with van der Waals surface area (Å²) >= 11 is 1.60. The van der Waals surface area contributed by atoms with Crippen LogP contribution in [0.5, 0.6) is 0 Å². The van der Waals surface area contributed by atoms with E-state index in [1.165, 1.54) is 16.7 Å². The summed E-state index contributed by atoms with van der Waals surface area (Å²) in [5.74, 6) is 0.815. The predicted molar refractivity (Wildman–Crippen MR) is 117 cm³/mol. The van der Waals surface area contributed by atoms with Crippen molar-refractivity contribution in [1.29, 1.82) is 0 Å². The highest BCUT2D eigenvalue weighted by Gasteiger charge is 2.23. The minimum absolute atomic E-state index is 0.0216. The molecule has 4 rings (SSSR count). The molecule has 0 spiro atoms. The SMILES string of the molecule is Cc1ccccc1C(Sc1nnc(-c2ccco2)n1CCC(N)=O)c1ccccc1. The van der Waals surface area contributed by atoms with Gasteiger partial charge in [-0.25, -0.2) is 0 Å². The van der Waals surface area contributed by atoms with Gasteiger partial charge in [0.1, 0.15) is 0 Å². The van der Waals surface area contributed by atoms with Crippen LogP contribution in [0.3, 0.4) is 0 Å². The molecule has 0 aliphatic rings. The van der Waals surface area contributed by atoms with Crippen molar-refractivity contribution >= 4 is 17.7 Å². The number of carbonyl (C=O) groups is 1. The first-order chi connectivity index (χ1) is 14.6. The Balaban J connectivity index is 1.76. The van der Waals surface area contributed by atoms with Gasteiger partial charge in [0, 0.05) is 13.0 Å². The first kappa shape index (κ1) is 20.0. The van der Waals surface area contributed by atoms with Crippen LogP contribution < -0.4 is 5.73 Å². The Labute approximate surface area is 179 Å². The highest BCUT2D eigenvalue weighted by molar-refractivity contribution is 7.99. The highest BCUT2D eigenvalue weighted by Crippen LogP contribution is 2.41. The Morgan fingerprint density at radius 3 is 2.53 bits per heavy atom. The van der Waals surface area contributed by atoms with E-state index in [4.69, 9.17) is 10.2 Å². The Morgan fingerprint density at radius 2 is 1.83 bits per heavy atom. The molecule has 0 bridgehead atoms. The smallest absolute Gasteiger partial charge is 0.219 e. The molecular weight excluding hydrogens is 396 g/mol. The third kappa shape index (κ3) is 4.31. The summed E-state index contributed by atoms with van der Waals surface area (Å²) in [6, 6.07) is 22.3. The van der Waals surface area contributed by atoms with Crippen molar-refractivity contribution in [1.82, 2.24) is 14.8 Å². The molecule has 0 saturated carbocycles.